The molecule has 2 aromatic rings. The van der Waals surface area contributed by atoms with E-state index in [9.17, 15) is 8.42 Å². The lowest BCUT2D eigenvalue weighted by Crippen LogP contribution is -2.45. The van der Waals surface area contributed by atoms with E-state index < -0.39 is 10.2 Å². The second kappa shape index (κ2) is 6.42. The van der Waals surface area contributed by atoms with E-state index >= 15 is 0 Å². The minimum atomic E-state index is -3.59. The van der Waals surface area contributed by atoms with Gasteiger partial charge in [0.2, 0.25) is 0 Å². The molecular weight excluding hydrogens is 318 g/mol. The van der Waals surface area contributed by atoms with Crippen LogP contribution in [0.15, 0.2) is 29.2 Å². The summed E-state index contributed by atoms with van der Waals surface area (Å²) in [6.45, 7) is 4.59. The zero-order chi connectivity index (χ0) is 16.4. The van der Waals surface area contributed by atoms with Crippen LogP contribution in [0.4, 0.5) is 0 Å². The van der Waals surface area contributed by atoms with E-state index in [0.29, 0.717) is 18.8 Å². The number of aromatic nitrogens is 3. The molecule has 0 bridgehead atoms. The van der Waals surface area contributed by atoms with Gasteiger partial charge >= 0.3 is 0 Å². The zero-order valence-electron chi connectivity index (χ0n) is 13.2. The second-order valence-electron chi connectivity index (χ2n) is 5.86. The molecule has 2 atom stereocenters. The summed E-state index contributed by atoms with van der Waals surface area (Å²) in [5.41, 5.74) is 0. The van der Waals surface area contributed by atoms with Crippen LogP contribution in [0.3, 0.4) is 0 Å². The number of hydrogen-bond donors (Lipinski definition) is 1. The molecule has 23 heavy (non-hydrogen) atoms. The summed E-state index contributed by atoms with van der Waals surface area (Å²) >= 11 is 0. The maximum Gasteiger partial charge on any atom is 0.280 e. The molecule has 1 fully saturated rings. The minimum absolute atomic E-state index is 0.236. The van der Waals surface area contributed by atoms with Crippen molar-refractivity contribution in [3.63, 3.8) is 0 Å². The second-order valence-corrected chi connectivity index (χ2v) is 7.51. The van der Waals surface area contributed by atoms with Gasteiger partial charge in [0.05, 0.1) is 12.6 Å². The van der Waals surface area contributed by atoms with Crippen molar-refractivity contribution < 1.29 is 12.8 Å². The van der Waals surface area contributed by atoms with E-state index in [1.807, 2.05) is 19.1 Å². The van der Waals surface area contributed by atoms with Crippen LogP contribution in [-0.4, -0.2) is 40.1 Å². The molecule has 2 aromatic heterocycles. The lowest BCUT2D eigenvalue weighted by molar-refractivity contribution is 0.326. The highest BCUT2D eigenvalue weighted by Crippen LogP contribution is 2.34. The third-order valence-electron chi connectivity index (χ3n) is 3.88. The summed E-state index contributed by atoms with van der Waals surface area (Å²) in [4.78, 5) is 3.86. The number of nitrogens with zero attached hydrogens (tertiary/aromatic N) is 4. The number of aryl methyl sites for hydroxylation is 1. The molecular formula is C14H21N5O3S. The summed E-state index contributed by atoms with van der Waals surface area (Å²) in [5, 5.41) is 3.99. The molecule has 1 N–H and O–H groups in total. The van der Waals surface area contributed by atoms with Crippen LogP contribution in [0.5, 0.6) is 0 Å². The van der Waals surface area contributed by atoms with E-state index in [0.717, 1.165) is 18.6 Å². The molecule has 3 rings (SSSR count). The van der Waals surface area contributed by atoms with Crippen molar-refractivity contribution in [3.05, 3.63) is 36.3 Å². The normalized spacial score (nSPS) is 20.9. The van der Waals surface area contributed by atoms with Gasteiger partial charge in [0, 0.05) is 12.6 Å². The first-order valence-electron chi connectivity index (χ1n) is 7.63. The predicted molar refractivity (Wildman–Crippen MR) is 83.7 cm³/mol. The van der Waals surface area contributed by atoms with Crippen molar-refractivity contribution in [3.8, 4) is 0 Å². The van der Waals surface area contributed by atoms with E-state index in [4.69, 9.17) is 4.42 Å². The first-order valence-corrected chi connectivity index (χ1v) is 9.07. The minimum Gasteiger partial charge on any atom is -0.465 e. The van der Waals surface area contributed by atoms with Crippen molar-refractivity contribution in [1.82, 2.24) is 23.8 Å². The van der Waals surface area contributed by atoms with Crippen LogP contribution in [0, 0.1) is 6.92 Å². The summed E-state index contributed by atoms with van der Waals surface area (Å²) in [5.74, 6) is 1.49. The Morgan fingerprint density at radius 1 is 1.48 bits per heavy atom. The molecule has 1 saturated heterocycles. The Morgan fingerprint density at radius 3 is 2.96 bits per heavy atom. The van der Waals surface area contributed by atoms with Crippen molar-refractivity contribution in [2.24, 2.45) is 0 Å². The van der Waals surface area contributed by atoms with E-state index in [1.165, 1.54) is 10.6 Å². The highest BCUT2D eigenvalue weighted by Gasteiger charge is 2.37. The van der Waals surface area contributed by atoms with E-state index in [1.54, 1.807) is 17.9 Å². The van der Waals surface area contributed by atoms with Gasteiger partial charge in [-0.25, -0.2) is 4.98 Å². The zero-order valence-corrected chi connectivity index (χ0v) is 14.0. The van der Waals surface area contributed by atoms with Crippen molar-refractivity contribution in [2.45, 2.75) is 45.3 Å². The Hall–Kier alpha value is -1.71. The SMILES string of the molecule is Cc1ccc([C@H]2CCCN2S(=O)(=O)N[C@@H](C)Cn2cncn2)o1. The average molecular weight is 339 g/mol. The molecule has 3 heterocycles. The van der Waals surface area contributed by atoms with Gasteiger partial charge in [-0.15, -0.1) is 0 Å². The Balaban J connectivity index is 1.70. The summed E-state index contributed by atoms with van der Waals surface area (Å²) in [7, 11) is -3.59. The number of furan rings is 1. The number of hydrogen-bond acceptors (Lipinski definition) is 5. The maximum atomic E-state index is 12.7. The Bertz CT molecular complexity index is 740. The lowest BCUT2D eigenvalue weighted by Gasteiger charge is -2.25. The van der Waals surface area contributed by atoms with Crippen molar-refractivity contribution >= 4 is 10.2 Å². The Kier molecular flexibility index (Phi) is 4.51. The quantitative estimate of drug-likeness (QED) is 0.854. The standard InChI is InChI=1S/C14H21N5O3S/c1-11(8-18-10-15-9-16-18)17-23(20,21)19-7-3-4-13(19)14-6-5-12(2)22-14/h5-6,9-11,13,17H,3-4,7-8H2,1-2H3/t11-,13+/m0/s1. The van der Waals surface area contributed by atoms with Crippen molar-refractivity contribution in [1.29, 1.82) is 0 Å². The smallest absolute Gasteiger partial charge is 0.280 e. The largest absolute Gasteiger partial charge is 0.465 e. The molecule has 9 heteroatoms. The predicted octanol–water partition coefficient (Wildman–Crippen LogP) is 1.24. The first kappa shape index (κ1) is 16.2. The molecule has 1 aliphatic rings. The van der Waals surface area contributed by atoms with Gasteiger partial charge in [0.1, 0.15) is 24.2 Å². The molecule has 0 amide bonds. The number of nitrogens with one attached hydrogen (secondary N) is 1. The molecule has 126 valence electrons. The molecule has 0 radical (unpaired) electrons. The molecule has 0 aromatic carbocycles. The molecule has 0 saturated carbocycles. The molecule has 1 aliphatic heterocycles. The van der Waals surface area contributed by atoms with Gasteiger partial charge in [0.25, 0.3) is 10.2 Å². The van der Waals surface area contributed by atoms with Crippen LogP contribution < -0.4 is 4.72 Å². The fourth-order valence-electron chi connectivity index (χ4n) is 2.91. The van der Waals surface area contributed by atoms with Gasteiger partial charge < -0.3 is 4.42 Å². The van der Waals surface area contributed by atoms with Crippen LogP contribution in [0.25, 0.3) is 0 Å². The molecule has 0 aliphatic carbocycles. The van der Waals surface area contributed by atoms with Crippen LogP contribution in [0.2, 0.25) is 0 Å². The molecule has 8 nitrogen and oxygen atoms in total. The fourth-order valence-corrected chi connectivity index (χ4v) is 4.54. The third kappa shape index (κ3) is 3.62. The van der Waals surface area contributed by atoms with Crippen molar-refractivity contribution in [2.75, 3.05) is 6.54 Å². The molecule has 0 unspecified atom stereocenters. The van der Waals surface area contributed by atoms with Gasteiger partial charge in [-0.05, 0) is 38.8 Å². The highest BCUT2D eigenvalue weighted by molar-refractivity contribution is 7.87. The van der Waals surface area contributed by atoms with Gasteiger partial charge in [-0.2, -0.15) is 22.5 Å². The maximum absolute atomic E-state index is 12.7. The van der Waals surface area contributed by atoms with Gasteiger partial charge in [-0.3, -0.25) is 4.68 Å². The summed E-state index contributed by atoms with van der Waals surface area (Å²) in [6.07, 6.45) is 4.58. The molecule has 0 spiro atoms. The summed E-state index contributed by atoms with van der Waals surface area (Å²) < 4.78 is 36.8. The van der Waals surface area contributed by atoms with Gasteiger partial charge in [-0.1, -0.05) is 0 Å². The first-order chi connectivity index (χ1) is 11.0. The fraction of sp³-hybridized carbons (Fsp3) is 0.571. The van der Waals surface area contributed by atoms with Crippen LogP contribution in [-0.2, 0) is 16.8 Å². The van der Waals surface area contributed by atoms with Crippen LogP contribution in [0.1, 0.15) is 37.3 Å². The summed E-state index contributed by atoms with van der Waals surface area (Å²) in [6, 6.07) is 3.19. The number of rotatable bonds is 6. The monoisotopic (exact) mass is 339 g/mol. The van der Waals surface area contributed by atoms with Gasteiger partial charge in [0.15, 0.2) is 0 Å². The topological polar surface area (TPSA) is 93.3 Å². The average Bonchev–Trinajstić information content (AvgIpc) is 3.17. The van der Waals surface area contributed by atoms with E-state index in [2.05, 4.69) is 14.8 Å². The van der Waals surface area contributed by atoms with Crippen LogP contribution >= 0.6 is 0 Å². The lowest BCUT2D eigenvalue weighted by atomic mass is 10.2. The Morgan fingerprint density at radius 2 is 2.30 bits per heavy atom. The Labute approximate surface area is 135 Å². The highest BCUT2D eigenvalue weighted by atomic mass is 32.2. The van der Waals surface area contributed by atoms with E-state index in [-0.39, 0.29) is 12.1 Å². The third-order valence-corrected chi connectivity index (χ3v) is 5.63.